The summed E-state index contributed by atoms with van der Waals surface area (Å²) in [5.41, 5.74) is 7.64. The molecule has 2 atom stereocenters. The molecule has 0 unspecified atom stereocenters. The van der Waals surface area contributed by atoms with E-state index in [2.05, 4.69) is 5.16 Å². The number of amidine groups is 1. The van der Waals surface area contributed by atoms with E-state index in [4.69, 9.17) is 10.9 Å². The Hall–Kier alpha value is -2.04. The van der Waals surface area contributed by atoms with E-state index in [1.54, 1.807) is 0 Å². The van der Waals surface area contributed by atoms with Gasteiger partial charge in [-0.2, -0.15) is 0 Å². The lowest BCUT2D eigenvalue weighted by molar-refractivity contribution is 0.0578. The number of hydrogen-bond donors (Lipinski definition) is 2. The van der Waals surface area contributed by atoms with Gasteiger partial charge < -0.3 is 15.8 Å². The van der Waals surface area contributed by atoms with Gasteiger partial charge in [-0.15, -0.1) is 0 Å². The summed E-state index contributed by atoms with van der Waals surface area (Å²) in [5, 5.41) is 11.9. The van der Waals surface area contributed by atoms with Gasteiger partial charge in [0.25, 0.3) is 5.91 Å². The molecule has 20 heavy (non-hydrogen) atoms. The van der Waals surface area contributed by atoms with Crippen LogP contribution < -0.4 is 5.73 Å². The Bertz CT molecular complexity index is 556. The molecule has 1 amide bonds. The summed E-state index contributed by atoms with van der Waals surface area (Å²) in [6.07, 6.45) is 3.73. The Labute approximate surface area is 118 Å². The van der Waals surface area contributed by atoms with E-state index in [9.17, 15) is 4.79 Å². The minimum Gasteiger partial charge on any atom is -0.409 e. The van der Waals surface area contributed by atoms with Crippen molar-refractivity contribution in [3.05, 3.63) is 35.4 Å². The first kappa shape index (κ1) is 13.0. The van der Waals surface area contributed by atoms with Crippen LogP contribution in [0.2, 0.25) is 0 Å². The molecule has 2 aliphatic rings. The molecule has 5 nitrogen and oxygen atoms in total. The molecule has 2 aliphatic heterocycles. The first-order valence-electron chi connectivity index (χ1n) is 7.07. The molecule has 1 fully saturated rings. The molecule has 3 N–H and O–H groups in total. The van der Waals surface area contributed by atoms with Crippen molar-refractivity contribution in [2.75, 3.05) is 6.54 Å². The molecular formula is C15H19N3O2. The number of rotatable bonds is 1. The first-order chi connectivity index (χ1) is 9.70. The lowest BCUT2D eigenvalue weighted by Gasteiger charge is -2.38. The van der Waals surface area contributed by atoms with Crippen molar-refractivity contribution in [2.45, 2.75) is 31.7 Å². The van der Waals surface area contributed by atoms with Crippen molar-refractivity contribution in [2.24, 2.45) is 16.8 Å². The third-order valence-corrected chi connectivity index (χ3v) is 4.50. The van der Waals surface area contributed by atoms with Crippen LogP contribution in [0.25, 0.3) is 0 Å². The summed E-state index contributed by atoms with van der Waals surface area (Å²) < 4.78 is 0. The topological polar surface area (TPSA) is 78.9 Å². The normalized spacial score (nSPS) is 26.7. The number of aryl methyl sites for hydroxylation is 1. The standard InChI is InChI=1S/C15H19N3O2/c16-14(17-20)11-6-8-12-7-5-10-3-1-2-4-13(10)15(19)18(12)9-11/h1-4,11-12,20H,5-9H2,(H2,16,17)/t11-,12-/m1/s1. The van der Waals surface area contributed by atoms with E-state index in [0.717, 1.165) is 36.8 Å². The first-order valence-corrected chi connectivity index (χ1v) is 7.07. The molecule has 0 aliphatic carbocycles. The van der Waals surface area contributed by atoms with Gasteiger partial charge in [-0.05, 0) is 37.3 Å². The van der Waals surface area contributed by atoms with Gasteiger partial charge in [-0.25, -0.2) is 0 Å². The number of piperidine rings is 1. The summed E-state index contributed by atoms with van der Waals surface area (Å²) in [4.78, 5) is 14.6. The monoisotopic (exact) mass is 273 g/mol. The van der Waals surface area contributed by atoms with E-state index in [0.29, 0.717) is 6.54 Å². The number of carbonyl (C=O) groups is 1. The molecule has 5 heteroatoms. The SMILES string of the molecule is NC(=NO)[C@@H]1CC[C@H]2CCc3ccccc3C(=O)N2C1. The maximum Gasteiger partial charge on any atom is 0.254 e. The van der Waals surface area contributed by atoms with Crippen molar-refractivity contribution in [3.63, 3.8) is 0 Å². The lowest BCUT2D eigenvalue weighted by Crippen LogP contribution is -2.49. The van der Waals surface area contributed by atoms with Crippen LogP contribution in [0.15, 0.2) is 29.4 Å². The van der Waals surface area contributed by atoms with Crippen LogP contribution in [0, 0.1) is 5.92 Å². The van der Waals surface area contributed by atoms with Crippen molar-refractivity contribution in [1.29, 1.82) is 0 Å². The Balaban J connectivity index is 1.90. The van der Waals surface area contributed by atoms with Gasteiger partial charge in [-0.1, -0.05) is 23.4 Å². The summed E-state index contributed by atoms with van der Waals surface area (Å²) in [6, 6.07) is 8.09. The van der Waals surface area contributed by atoms with Gasteiger partial charge in [0.15, 0.2) is 0 Å². The predicted octanol–water partition coefficient (Wildman–Crippen LogP) is 1.60. The number of hydrogen-bond acceptors (Lipinski definition) is 3. The van der Waals surface area contributed by atoms with Gasteiger partial charge >= 0.3 is 0 Å². The highest BCUT2D eigenvalue weighted by atomic mass is 16.4. The van der Waals surface area contributed by atoms with Crippen molar-refractivity contribution in [1.82, 2.24) is 4.90 Å². The van der Waals surface area contributed by atoms with E-state index in [1.165, 1.54) is 0 Å². The fraction of sp³-hybridized carbons (Fsp3) is 0.467. The zero-order chi connectivity index (χ0) is 14.1. The molecule has 2 heterocycles. The van der Waals surface area contributed by atoms with E-state index in [1.807, 2.05) is 29.2 Å². The van der Waals surface area contributed by atoms with Crippen LogP contribution in [-0.2, 0) is 6.42 Å². The number of oxime groups is 1. The maximum atomic E-state index is 12.7. The summed E-state index contributed by atoms with van der Waals surface area (Å²) in [5.74, 6) is 0.276. The third kappa shape index (κ3) is 2.13. The van der Waals surface area contributed by atoms with Crippen LogP contribution in [0.1, 0.15) is 35.2 Å². The Kier molecular flexibility index (Phi) is 3.34. The number of amides is 1. The molecule has 0 bridgehead atoms. The minimum atomic E-state index is -0.0366. The summed E-state index contributed by atoms with van der Waals surface area (Å²) in [7, 11) is 0. The minimum absolute atomic E-state index is 0.0366. The quantitative estimate of drug-likeness (QED) is 0.353. The van der Waals surface area contributed by atoms with Crippen molar-refractivity contribution in [3.8, 4) is 0 Å². The van der Waals surface area contributed by atoms with Gasteiger partial charge in [0.05, 0.1) is 0 Å². The Morgan fingerprint density at radius 3 is 2.90 bits per heavy atom. The second-order valence-electron chi connectivity index (χ2n) is 5.61. The smallest absolute Gasteiger partial charge is 0.254 e. The zero-order valence-corrected chi connectivity index (χ0v) is 11.3. The number of fused-ring (bicyclic) bond motifs is 2. The molecule has 106 valence electrons. The second-order valence-corrected chi connectivity index (χ2v) is 5.61. The van der Waals surface area contributed by atoms with Crippen LogP contribution in [-0.4, -0.2) is 34.4 Å². The fourth-order valence-corrected chi connectivity index (χ4v) is 3.32. The molecule has 1 aromatic rings. The van der Waals surface area contributed by atoms with Gasteiger partial charge in [-0.3, -0.25) is 4.79 Å². The predicted molar refractivity (Wildman–Crippen MR) is 75.7 cm³/mol. The van der Waals surface area contributed by atoms with Gasteiger partial charge in [0.2, 0.25) is 0 Å². The highest BCUT2D eigenvalue weighted by molar-refractivity contribution is 5.97. The van der Waals surface area contributed by atoms with Crippen LogP contribution in [0.4, 0.5) is 0 Å². The second kappa shape index (κ2) is 5.15. The highest BCUT2D eigenvalue weighted by Gasteiger charge is 2.36. The lowest BCUT2D eigenvalue weighted by atomic mass is 9.90. The maximum absolute atomic E-state index is 12.7. The molecular weight excluding hydrogens is 254 g/mol. The van der Waals surface area contributed by atoms with E-state index in [-0.39, 0.29) is 23.7 Å². The van der Waals surface area contributed by atoms with Crippen LogP contribution in [0.5, 0.6) is 0 Å². The van der Waals surface area contributed by atoms with Gasteiger partial charge in [0.1, 0.15) is 5.84 Å². The molecule has 0 saturated carbocycles. The average Bonchev–Trinajstić information content (AvgIpc) is 2.64. The molecule has 1 saturated heterocycles. The molecule has 0 aromatic heterocycles. The molecule has 0 spiro atoms. The Morgan fingerprint density at radius 2 is 2.10 bits per heavy atom. The average molecular weight is 273 g/mol. The Morgan fingerprint density at radius 1 is 1.30 bits per heavy atom. The summed E-state index contributed by atoms with van der Waals surface area (Å²) in [6.45, 7) is 0.549. The number of nitrogens with two attached hydrogens (primary N) is 1. The van der Waals surface area contributed by atoms with Crippen LogP contribution >= 0.6 is 0 Å². The van der Waals surface area contributed by atoms with Crippen molar-refractivity contribution >= 4 is 11.7 Å². The largest absolute Gasteiger partial charge is 0.409 e. The number of carbonyl (C=O) groups excluding carboxylic acids is 1. The highest BCUT2D eigenvalue weighted by Crippen LogP contribution is 2.30. The van der Waals surface area contributed by atoms with Crippen LogP contribution in [0.3, 0.4) is 0 Å². The fourth-order valence-electron chi connectivity index (χ4n) is 3.32. The van der Waals surface area contributed by atoms with Gasteiger partial charge in [0, 0.05) is 24.1 Å². The van der Waals surface area contributed by atoms with Crippen molar-refractivity contribution < 1.29 is 10.0 Å². The number of nitrogens with zero attached hydrogens (tertiary/aromatic N) is 2. The number of benzene rings is 1. The van der Waals surface area contributed by atoms with E-state index < -0.39 is 0 Å². The summed E-state index contributed by atoms with van der Waals surface area (Å²) >= 11 is 0. The molecule has 3 rings (SSSR count). The zero-order valence-electron chi connectivity index (χ0n) is 11.3. The molecule has 0 radical (unpaired) electrons. The third-order valence-electron chi connectivity index (χ3n) is 4.50. The molecule has 1 aromatic carbocycles. The van der Waals surface area contributed by atoms with E-state index >= 15 is 0 Å².